The zero-order chi connectivity index (χ0) is 22.3. The van der Waals surface area contributed by atoms with E-state index >= 15 is 0 Å². The lowest BCUT2D eigenvalue weighted by Gasteiger charge is -2.12. The van der Waals surface area contributed by atoms with E-state index in [1.54, 1.807) is 17.4 Å². The summed E-state index contributed by atoms with van der Waals surface area (Å²) in [5, 5.41) is 3.70. The van der Waals surface area contributed by atoms with E-state index in [1.165, 1.54) is 34.2 Å². The predicted molar refractivity (Wildman–Crippen MR) is 122 cm³/mol. The number of rotatable bonds is 6. The number of nitrogens with one attached hydrogen (secondary N) is 1. The van der Waals surface area contributed by atoms with Crippen LogP contribution in [0.5, 0.6) is 0 Å². The van der Waals surface area contributed by atoms with Crippen LogP contribution in [-0.2, 0) is 38.3 Å². The molecule has 162 valence electrons. The van der Waals surface area contributed by atoms with Gasteiger partial charge in [-0.15, -0.1) is 17.9 Å². The zero-order valence-electron chi connectivity index (χ0n) is 17.1. The highest BCUT2D eigenvalue weighted by Crippen LogP contribution is 2.35. The molecule has 1 amide bonds. The minimum atomic E-state index is -0.534. The molecule has 0 saturated heterocycles. The summed E-state index contributed by atoms with van der Waals surface area (Å²) in [5.74, 6) is -0.342. The van der Waals surface area contributed by atoms with Crippen molar-refractivity contribution in [2.45, 2.75) is 31.0 Å². The molecule has 3 aromatic rings. The number of thioether (sulfide) groups is 1. The Hall–Kier alpha value is -2.92. The summed E-state index contributed by atoms with van der Waals surface area (Å²) >= 11 is 2.68. The Balaban J connectivity index is 1.60. The van der Waals surface area contributed by atoms with Gasteiger partial charge in [-0.05, 0) is 24.8 Å². The minimum absolute atomic E-state index is 0.0381. The fraction of sp³-hybridized carbons (Fsp3) is 0.350. The number of anilines is 1. The number of amides is 1. The van der Waals surface area contributed by atoms with Gasteiger partial charge in [0, 0.05) is 31.6 Å². The van der Waals surface area contributed by atoms with Gasteiger partial charge in [-0.1, -0.05) is 17.8 Å². The lowest BCUT2D eigenvalue weighted by atomic mass is 10.2. The van der Waals surface area contributed by atoms with Gasteiger partial charge in [-0.3, -0.25) is 28.1 Å². The van der Waals surface area contributed by atoms with Crippen LogP contribution in [0.2, 0.25) is 0 Å². The van der Waals surface area contributed by atoms with Gasteiger partial charge >= 0.3 is 5.69 Å². The SMILES string of the molecule is C=CCn1c(SCC(=O)Nc2cc(=O)n(C)c(=O)n2C)nc2sc3c(c2c1=O)CCC3. The third kappa shape index (κ3) is 3.79. The maximum absolute atomic E-state index is 13.1. The fourth-order valence-corrected chi connectivity index (χ4v) is 5.73. The molecule has 0 aromatic carbocycles. The zero-order valence-corrected chi connectivity index (χ0v) is 18.8. The first-order valence-corrected chi connectivity index (χ1v) is 11.5. The van der Waals surface area contributed by atoms with Crippen molar-refractivity contribution in [2.24, 2.45) is 14.1 Å². The summed E-state index contributed by atoms with van der Waals surface area (Å²) in [7, 11) is 2.84. The molecule has 0 unspecified atom stereocenters. The van der Waals surface area contributed by atoms with Crippen LogP contribution in [0.15, 0.2) is 38.3 Å². The Bertz CT molecular complexity index is 1400. The second-order valence-corrected chi connectivity index (χ2v) is 9.27. The summed E-state index contributed by atoms with van der Waals surface area (Å²) < 4.78 is 3.68. The molecular formula is C20H21N5O4S2. The molecule has 0 saturated carbocycles. The number of hydrogen-bond donors (Lipinski definition) is 1. The Morgan fingerprint density at radius 1 is 1.29 bits per heavy atom. The summed E-state index contributed by atoms with van der Waals surface area (Å²) in [5.41, 5.74) is -0.0470. The molecule has 4 rings (SSSR count). The number of nitrogens with zero attached hydrogens (tertiary/aromatic N) is 4. The van der Waals surface area contributed by atoms with Gasteiger partial charge in [0.2, 0.25) is 5.91 Å². The molecule has 0 aliphatic heterocycles. The van der Waals surface area contributed by atoms with Crippen LogP contribution in [0.25, 0.3) is 10.2 Å². The standard InChI is InChI=1S/C20H21N5O4S2/c1-4-8-25-18(28)16-11-6-5-7-12(11)31-17(16)22-19(25)30-10-14(26)21-13-9-15(27)24(3)20(29)23(13)2/h4,9H,1,5-8,10H2,2-3H3,(H,21,26). The monoisotopic (exact) mass is 459 g/mol. The molecule has 11 heteroatoms. The molecule has 3 heterocycles. The van der Waals surface area contributed by atoms with Gasteiger partial charge in [0.05, 0.1) is 11.1 Å². The second-order valence-electron chi connectivity index (χ2n) is 7.24. The lowest BCUT2D eigenvalue weighted by Crippen LogP contribution is -2.38. The molecule has 0 bridgehead atoms. The van der Waals surface area contributed by atoms with Gasteiger partial charge < -0.3 is 5.32 Å². The number of carbonyl (C=O) groups excluding carboxylic acids is 1. The number of fused-ring (bicyclic) bond motifs is 3. The smallest absolute Gasteiger partial charge is 0.311 e. The molecule has 9 nitrogen and oxygen atoms in total. The average molecular weight is 460 g/mol. The van der Waals surface area contributed by atoms with Crippen molar-refractivity contribution in [3.8, 4) is 0 Å². The van der Waals surface area contributed by atoms with E-state index < -0.39 is 17.2 Å². The Kier molecular flexibility index (Phi) is 5.71. The Labute approximate surface area is 185 Å². The normalized spacial score (nSPS) is 12.8. The van der Waals surface area contributed by atoms with Gasteiger partial charge in [0.25, 0.3) is 11.1 Å². The predicted octanol–water partition coefficient (Wildman–Crippen LogP) is 1.26. The van der Waals surface area contributed by atoms with Crippen molar-refractivity contribution in [3.05, 3.63) is 60.4 Å². The van der Waals surface area contributed by atoms with E-state index in [1.807, 2.05) is 0 Å². The highest BCUT2D eigenvalue weighted by Gasteiger charge is 2.23. The minimum Gasteiger partial charge on any atom is -0.311 e. The number of aryl methyl sites for hydroxylation is 2. The van der Waals surface area contributed by atoms with Crippen LogP contribution in [-0.4, -0.2) is 30.3 Å². The molecule has 0 atom stereocenters. The van der Waals surface area contributed by atoms with Crippen LogP contribution in [0.4, 0.5) is 5.82 Å². The summed E-state index contributed by atoms with van der Waals surface area (Å²) in [4.78, 5) is 56.1. The number of allylic oxidation sites excluding steroid dienone is 1. The van der Waals surface area contributed by atoms with Gasteiger partial charge in [-0.25, -0.2) is 9.78 Å². The van der Waals surface area contributed by atoms with Crippen LogP contribution in [0.1, 0.15) is 16.9 Å². The van der Waals surface area contributed by atoms with Crippen molar-refractivity contribution in [2.75, 3.05) is 11.1 Å². The van der Waals surface area contributed by atoms with Crippen molar-refractivity contribution < 1.29 is 4.79 Å². The first-order valence-electron chi connectivity index (χ1n) is 9.67. The van der Waals surface area contributed by atoms with Crippen LogP contribution < -0.4 is 22.1 Å². The third-order valence-corrected chi connectivity index (χ3v) is 7.39. The first kappa shape index (κ1) is 21.3. The summed E-state index contributed by atoms with van der Waals surface area (Å²) in [6, 6.07) is 1.19. The largest absolute Gasteiger partial charge is 0.332 e. The molecule has 0 fully saturated rings. The molecule has 1 N–H and O–H groups in total. The molecule has 1 aliphatic carbocycles. The lowest BCUT2D eigenvalue weighted by molar-refractivity contribution is -0.113. The Morgan fingerprint density at radius 2 is 2.06 bits per heavy atom. The van der Waals surface area contributed by atoms with E-state index in [0.717, 1.165) is 41.2 Å². The second kappa shape index (κ2) is 8.31. The topological polar surface area (TPSA) is 108 Å². The van der Waals surface area contributed by atoms with E-state index in [0.29, 0.717) is 21.9 Å². The van der Waals surface area contributed by atoms with Crippen molar-refractivity contribution in [1.29, 1.82) is 0 Å². The van der Waals surface area contributed by atoms with Gasteiger partial charge in [-0.2, -0.15) is 0 Å². The molecule has 0 radical (unpaired) electrons. The van der Waals surface area contributed by atoms with Crippen LogP contribution in [0, 0.1) is 0 Å². The molecule has 31 heavy (non-hydrogen) atoms. The first-order chi connectivity index (χ1) is 14.8. The van der Waals surface area contributed by atoms with E-state index in [-0.39, 0.29) is 17.1 Å². The Morgan fingerprint density at radius 3 is 2.81 bits per heavy atom. The van der Waals surface area contributed by atoms with Gasteiger partial charge in [0.1, 0.15) is 10.6 Å². The van der Waals surface area contributed by atoms with Gasteiger partial charge in [0.15, 0.2) is 5.16 Å². The van der Waals surface area contributed by atoms with E-state index in [9.17, 15) is 19.2 Å². The highest BCUT2D eigenvalue weighted by molar-refractivity contribution is 7.99. The van der Waals surface area contributed by atoms with E-state index in [4.69, 9.17) is 0 Å². The molecule has 1 aliphatic rings. The summed E-state index contributed by atoms with van der Waals surface area (Å²) in [6.45, 7) is 4.02. The maximum atomic E-state index is 13.1. The number of carbonyl (C=O) groups is 1. The summed E-state index contributed by atoms with van der Waals surface area (Å²) in [6.07, 6.45) is 4.54. The van der Waals surface area contributed by atoms with Crippen molar-refractivity contribution >= 4 is 45.0 Å². The highest BCUT2D eigenvalue weighted by atomic mass is 32.2. The maximum Gasteiger partial charge on any atom is 0.332 e. The number of hydrogen-bond acceptors (Lipinski definition) is 7. The van der Waals surface area contributed by atoms with E-state index in [2.05, 4.69) is 16.9 Å². The molecule has 0 spiro atoms. The quantitative estimate of drug-likeness (QED) is 0.338. The average Bonchev–Trinajstić information content (AvgIpc) is 3.32. The van der Waals surface area contributed by atoms with Crippen LogP contribution >= 0.6 is 23.1 Å². The number of thiophene rings is 1. The number of aromatic nitrogens is 4. The fourth-order valence-electron chi connectivity index (χ4n) is 3.62. The van der Waals surface area contributed by atoms with Crippen molar-refractivity contribution in [3.63, 3.8) is 0 Å². The third-order valence-electron chi connectivity index (χ3n) is 5.23. The van der Waals surface area contributed by atoms with Crippen LogP contribution in [0.3, 0.4) is 0 Å². The molecular weight excluding hydrogens is 438 g/mol. The molecule has 3 aromatic heterocycles. The van der Waals surface area contributed by atoms with Crippen molar-refractivity contribution in [1.82, 2.24) is 18.7 Å².